The Balaban J connectivity index is 2.20. The number of rotatable bonds is 9. The van der Waals surface area contributed by atoms with Crippen molar-refractivity contribution >= 4 is 45.1 Å². The summed E-state index contributed by atoms with van der Waals surface area (Å²) < 4.78 is 38.0. The number of sulfonamides is 1. The fourth-order valence-corrected chi connectivity index (χ4v) is 5.77. The maximum atomic E-state index is 13.9. The molecule has 1 aliphatic heterocycles. The van der Waals surface area contributed by atoms with Crippen molar-refractivity contribution in [3.05, 3.63) is 69.7 Å². The van der Waals surface area contributed by atoms with Gasteiger partial charge in [0.25, 0.3) is 5.91 Å². The van der Waals surface area contributed by atoms with Crippen LogP contribution in [-0.4, -0.2) is 68.6 Å². The molecule has 1 fully saturated rings. The number of carbonyl (C=O) groups is 2. The van der Waals surface area contributed by atoms with Gasteiger partial charge in [0, 0.05) is 30.2 Å². The van der Waals surface area contributed by atoms with E-state index in [-0.39, 0.29) is 12.2 Å². The summed E-state index contributed by atoms with van der Waals surface area (Å²) in [6.45, 7) is 1.82. The Hall–Kier alpha value is -2.17. The third kappa shape index (κ3) is 6.39. The predicted molar refractivity (Wildman–Crippen MR) is 138 cm³/mol. The molecule has 0 bridgehead atoms. The lowest BCUT2D eigenvalue weighted by Gasteiger charge is -2.48. The van der Waals surface area contributed by atoms with Crippen molar-refractivity contribution in [2.75, 3.05) is 27.0 Å². The van der Waals surface area contributed by atoms with E-state index in [9.17, 15) is 18.0 Å². The third-order valence-electron chi connectivity index (χ3n) is 6.22. The number of amides is 1. The zero-order valence-corrected chi connectivity index (χ0v) is 22.9. The van der Waals surface area contributed by atoms with E-state index in [0.717, 1.165) is 4.31 Å². The average Bonchev–Trinajstić information content (AvgIpc) is 2.84. The van der Waals surface area contributed by atoms with Crippen LogP contribution in [0.2, 0.25) is 10.0 Å². The maximum absolute atomic E-state index is 13.9. The zero-order chi connectivity index (χ0) is 26.6. The first-order valence-electron chi connectivity index (χ1n) is 11.4. The van der Waals surface area contributed by atoms with Crippen LogP contribution in [0.1, 0.15) is 43.0 Å². The number of hydrogen-bond donors (Lipinski definition) is 0. The summed E-state index contributed by atoms with van der Waals surface area (Å²) >= 11 is 12.4. The number of benzene rings is 2. The molecule has 2 aromatic rings. The molecule has 0 spiro atoms. The van der Waals surface area contributed by atoms with Crippen molar-refractivity contribution in [2.45, 2.75) is 44.1 Å². The van der Waals surface area contributed by atoms with E-state index in [0.29, 0.717) is 27.6 Å². The van der Waals surface area contributed by atoms with Crippen LogP contribution >= 0.6 is 23.2 Å². The van der Waals surface area contributed by atoms with E-state index in [4.69, 9.17) is 32.7 Å². The van der Waals surface area contributed by atoms with Crippen LogP contribution in [0.3, 0.4) is 0 Å². The summed E-state index contributed by atoms with van der Waals surface area (Å²) in [6, 6.07) is 12.6. The Morgan fingerprint density at radius 2 is 1.78 bits per heavy atom. The normalized spacial score (nSPS) is 21.5. The van der Waals surface area contributed by atoms with Crippen LogP contribution in [0.25, 0.3) is 0 Å². The summed E-state index contributed by atoms with van der Waals surface area (Å²) in [4.78, 5) is 27.6. The molecule has 0 radical (unpaired) electrons. The van der Waals surface area contributed by atoms with Crippen LogP contribution in [0.5, 0.6) is 0 Å². The van der Waals surface area contributed by atoms with Gasteiger partial charge in [-0.1, -0.05) is 54.4 Å². The lowest BCUT2D eigenvalue weighted by Crippen LogP contribution is -2.57. The van der Waals surface area contributed by atoms with Crippen LogP contribution in [0.4, 0.5) is 0 Å². The van der Waals surface area contributed by atoms with Crippen molar-refractivity contribution in [2.24, 2.45) is 0 Å². The van der Waals surface area contributed by atoms with E-state index >= 15 is 0 Å². The van der Waals surface area contributed by atoms with E-state index in [1.807, 2.05) is 13.0 Å². The average molecular weight is 557 g/mol. The van der Waals surface area contributed by atoms with Gasteiger partial charge in [0.1, 0.15) is 12.2 Å². The minimum atomic E-state index is -3.66. The minimum Gasteiger partial charge on any atom is -0.469 e. The first-order chi connectivity index (χ1) is 17.0. The number of morpholine rings is 1. The fraction of sp³-hybridized carbons (Fsp3) is 0.440. The molecule has 1 aliphatic rings. The first kappa shape index (κ1) is 28.4. The number of hydrogen-bond acceptors (Lipinski definition) is 6. The first-order valence-corrected chi connectivity index (χ1v) is 13.8. The van der Waals surface area contributed by atoms with Crippen molar-refractivity contribution in [1.29, 1.82) is 0 Å². The van der Waals surface area contributed by atoms with Gasteiger partial charge in [0.05, 0.1) is 25.3 Å². The summed E-state index contributed by atoms with van der Waals surface area (Å²) in [5, 5.41) is 0.986. The Labute approximate surface area is 222 Å². The van der Waals surface area contributed by atoms with Crippen LogP contribution in [0, 0.1) is 0 Å². The molecule has 2 aromatic carbocycles. The molecule has 1 saturated heterocycles. The molecular weight excluding hydrogens is 527 g/mol. The number of nitrogens with zero attached hydrogens (tertiary/aromatic N) is 2. The molecule has 11 heteroatoms. The molecule has 196 valence electrons. The van der Waals surface area contributed by atoms with Crippen molar-refractivity contribution in [3.8, 4) is 0 Å². The SMILES string of the molecule is CC[C@@H](CS(=O)(=O)N(C)C)N1C(=O)[C@H](CC(=O)OC)O[C@H](c2cccc(Cl)c2)C1c1ccc(Cl)cc1. The van der Waals surface area contributed by atoms with Crippen molar-refractivity contribution < 1.29 is 27.5 Å². The van der Waals surface area contributed by atoms with E-state index in [1.54, 1.807) is 47.4 Å². The molecular formula is C25H30Cl2N2O6S. The maximum Gasteiger partial charge on any atom is 0.308 e. The van der Waals surface area contributed by atoms with Gasteiger partial charge in [-0.2, -0.15) is 0 Å². The second-order valence-corrected chi connectivity index (χ2v) is 11.8. The lowest BCUT2D eigenvalue weighted by atomic mass is 9.89. The van der Waals surface area contributed by atoms with Crippen LogP contribution in [0.15, 0.2) is 48.5 Å². The monoisotopic (exact) mass is 556 g/mol. The van der Waals surface area contributed by atoms with Crippen molar-refractivity contribution in [3.63, 3.8) is 0 Å². The standard InChI is InChI=1S/C25H30Cl2N2O6S/c1-5-20(15-36(32,33)28(2)3)29-23(16-9-11-18(26)12-10-16)24(17-7-6-8-19(27)13-17)35-21(25(29)31)14-22(30)34-4/h6-13,20-21,23-24H,5,14-15H2,1-4H3/t20-,21-,23?,24+/m0/s1. The van der Waals surface area contributed by atoms with E-state index in [1.165, 1.54) is 21.2 Å². The van der Waals surface area contributed by atoms with E-state index < -0.39 is 46.2 Å². The van der Waals surface area contributed by atoms with Gasteiger partial charge in [0.2, 0.25) is 10.0 Å². The molecule has 3 rings (SSSR count). The minimum absolute atomic E-state index is 0.292. The second kappa shape index (κ2) is 11.9. The molecule has 1 unspecified atom stereocenters. The summed E-state index contributed by atoms with van der Waals surface area (Å²) in [6.07, 6.45) is -1.86. The molecule has 0 aromatic heterocycles. The number of halogens is 2. The largest absolute Gasteiger partial charge is 0.469 e. The smallest absolute Gasteiger partial charge is 0.308 e. The Kier molecular flexibility index (Phi) is 9.40. The number of ether oxygens (including phenoxy) is 2. The van der Waals surface area contributed by atoms with Gasteiger partial charge >= 0.3 is 5.97 Å². The summed E-state index contributed by atoms with van der Waals surface area (Å²) in [7, 11) is 0.475. The lowest BCUT2D eigenvalue weighted by molar-refractivity contribution is -0.183. The van der Waals surface area contributed by atoms with Gasteiger partial charge < -0.3 is 14.4 Å². The van der Waals surface area contributed by atoms with Crippen molar-refractivity contribution in [1.82, 2.24) is 9.21 Å². The molecule has 8 nitrogen and oxygen atoms in total. The van der Waals surface area contributed by atoms with Gasteiger partial charge in [-0.3, -0.25) is 9.59 Å². The molecule has 1 heterocycles. The topological polar surface area (TPSA) is 93.2 Å². The third-order valence-corrected chi connectivity index (χ3v) is 8.63. The Morgan fingerprint density at radius 1 is 1.11 bits per heavy atom. The van der Waals surface area contributed by atoms with Crippen LogP contribution in [-0.2, 0) is 29.1 Å². The predicted octanol–water partition coefficient (Wildman–Crippen LogP) is 4.24. The number of esters is 1. The number of carbonyl (C=O) groups excluding carboxylic acids is 2. The highest BCUT2D eigenvalue weighted by Crippen LogP contribution is 2.44. The molecule has 1 amide bonds. The molecule has 0 saturated carbocycles. The van der Waals surface area contributed by atoms with Gasteiger partial charge in [-0.25, -0.2) is 12.7 Å². The highest BCUT2D eigenvalue weighted by Gasteiger charge is 2.48. The molecule has 4 atom stereocenters. The van der Waals surface area contributed by atoms with Gasteiger partial charge in [-0.05, 0) is 41.8 Å². The fourth-order valence-electron chi connectivity index (χ4n) is 4.26. The van der Waals surface area contributed by atoms with E-state index in [2.05, 4.69) is 0 Å². The molecule has 0 N–H and O–H groups in total. The number of methoxy groups -OCH3 is 1. The summed E-state index contributed by atoms with van der Waals surface area (Å²) in [5.74, 6) is -1.39. The van der Waals surface area contributed by atoms with Crippen LogP contribution < -0.4 is 0 Å². The highest BCUT2D eigenvalue weighted by molar-refractivity contribution is 7.89. The summed E-state index contributed by atoms with van der Waals surface area (Å²) in [5.41, 5.74) is 1.38. The Bertz CT molecular complexity index is 1190. The Morgan fingerprint density at radius 3 is 2.33 bits per heavy atom. The molecule has 0 aliphatic carbocycles. The zero-order valence-electron chi connectivity index (χ0n) is 20.6. The quantitative estimate of drug-likeness (QED) is 0.429. The highest BCUT2D eigenvalue weighted by atomic mass is 35.5. The van der Waals surface area contributed by atoms with Gasteiger partial charge in [-0.15, -0.1) is 0 Å². The second-order valence-electron chi connectivity index (χ2n) is 8.75. The van der Waals surface area contributed by atoms with Gasteiger partial charge in [0.15, 0.2) is 0 Å². The molecule has 36 heavy (non-hydrogen) atoms.